The van der Waals surface area contributed by atoms with E-state index < -0.39 is 20.2 Å². The van der Waals surface area contributed by atoms with E-state index in [0.29, 0.717) is 43.2 Å². The molecule has 4 aliphatic carbocycles. The van der Waals surface area contributed by atoms with Crippen LogP contribution in [0, 0.1) is 23.7 Å². The van der Waals surface area contributed by atoms with E-state index in [1.54, 1.807) is 0 Å². The van der Waals surface area contributed by atoms with Crippen molar-refractivity contribution in [2.24, 2.45) is 23.7 Å². The Balaban J connectivity index is 1.24. The molecule has 0 aromatic heterocycles. The first kappa shape index (κ1) is 32.3. The van der Waals surface area contributed by atoms with Crippen molar-refractivity contribution in [2.45, 2.75) is 121 Å². The van der Waals surface area contributed by atoms with Crippen LogP contribution in [0.5, 0.6) is 0 Å². The van der Waals surface area contributed by atoms with Crippen LogP contribution in [0.25, 0.3) is 0 Å². The highest BCUT2D eigenvalue weighted by atomic mass is 32.2. The minimum atomic E-state index is -4.29. The molecule has 6 rings (SSSR count). The highest BCUT2D eigenvalue weighted by molar-refractivity contribution is 7.85. The first-order valence-corrected chi connectivity index (χ1v) is 20.2. The van der Waals surface area contributed by atoms with E-state index in [9.17, 15) is 21.4 Å². The third-order valence-corrected chi connectivity index (χ3v) is 13.0. The summed E-state index contributed by atoms with van der Waals surface area (Å²) in [5.74, 6) is 3.69. The summed E-state index contributed by atoms with van der Waals surface area (Å²) in [4.78, 5) is 2.25. The molecule has 0 bridgehead atoms. The summed E-state index contributed by atoms with van der Waals surface area (Å²) < 4.78 is 80.1. The third-order valence-electron chi connectivity index (χ3n) is 11.4. The van der Waals surface area contributed by atoms with Crippen LogP contribution in [-0.4, -0.2) is 90.2 Å². The molecule has 0 spiro atoms. The van der Waals surface area contributed by atoms with Crippen molar-refractivity contribution in [3.63, 3.8) is 0 Å². The smallest absolute Gasteiger partial charge is 0.378 e. The first-order valence-electron chi connectivity index (χ1n) is 17.0. The summed E-state index contributed by atoms with van der Waals surface area (Å²) in [5, 5.41) is 0. The van der Waals surface area contributed by atoms with Gasteiger partial charge in [-0.1, -0.05) is 44.9 Å². The molecule has 4 saturated carbocycles. The van der Waals surface area contributed by atoms with Gasteiger partial charge in [0.2, 0.25) is 0 Å². The molecule has 2 heterocycles. The van der Waals surface area contributed by atoms with Gasteiger partial charge in [-0.05, 0) is 68.3 Å². The number of fused-ring (bicyclic) bond motifs is 4. The molecular weight excluding hydrogens is 604 g/mol. The summed E-state index contributed by atoms with van der Waals surface area (Å²) in [6.45, 7) is 3.02. The molecule has 44 heavy (non-hydrogen) atoms. The normalized spacial score (nSPS) is 36.8. The number of allylic oxidation sites excluding steroid dienone is 2. The van der Waals surface area contributed by atoms with E-state index in [-0.39, 0.29) is 42.2 Å². The maximum absolute atomic E-state index is 11.6. The number of nitrogens with zero attached hydrogens (tertiary/aromatic N) is 2. The van der Waals surface area contributed by atoms with Gasteiger partial charge in [-0.25, -0.2) is 8.42 Å². The molecular formula is C32H51N2O8S2+. The Labute approximate surface area is 263 Å². The van der Waals surface area contributed by atoms with Crippen molar-refractivity contribution in [1.82, 2.24) is 4.90 Å². The van der Waals surface area contributed by atoms with Gasteiger partial charge < -0.3 is 23.5 Å². The number of ether oxygens (including phenoxy) is 2. The second-order valence-electron chi connectivity index (χ2n) is 14.4. The van der Waals surface area contributed by atoms with Crippen molar-refractivity contribution in [1.29, 1.82) is 0 Å². The van der Waals surface area contributed by atoms with Crippen LogP contribution >= 0.6 is 0 Å². The maximum atomic E-state index is 11.6. The monoisotopic (exact) mass is 655 g/mol. The Kier molecular flexibility index (Phi) is 9.72. The molecule has 12 heteroatoms. The second kappa shape index (κ2) is 13.2. The molecule has 6 aliphatic rings. The number of hydrogen-bond acceptors (Lipinski definition) is 8. The zero-order chi connectivity index (χ0) is 31.1. The van der Waals surface area contributed by atoms with Gasteiger partial charge in [-0.2, -0.15) is 13.0 Å². The van der Waals surface area contributed by atoms with Crippen molar-refractivity contribution in [3.05, 3.63) is 23.6 Å². The Morgan fingerprint density at radius 2 is 1.50 bits per heavy atom. The van der Waals surface area contributed by atoms with E-state index in [1.807, 2.05) is 19.1 Å². The average molecular weight is 656 g/mol. The summed E-state index contributed by atoms with van der Waals surface area (Å²) in [5.41, 5.74) is 0.946. The topological polar surface area (TPSA) is 139 Å². The summed E-state index contributed by atoms with van der Waals surface area (Å²) in [6.07, 6.45) is 19.1. The van der Waals surface area contributed by atoms with Crippen LogP contribution in [0.15, 0.2) is 23.6 Å². The van der Waals surface area contributed by atoms with E-state index in [2.05, 4.69) is 9.48 Å². The summed E-state index contributed by atoms with van der Waals surface area (Å²) in [6, 6.07) is 0.404. The van der Waals surface area contributed by atoms with Crippen LogP contribution in [0.1, 0.15) is 96.8 Å². The molecule has 10 nitrogen and oxygen atoms in total. The predicted molar refractivity (Wildman–Crippen MR) is 167 cm³/mol. The Morgan fingerprint density at radius 3 is 2.14 bits per heavy atom. The van der Waals surface area contributed by atoms with Crippen LogP contribution in [-0.2, 0) is 29.7 Å². The average Bonchev–Trinajstić information content (AvgIpc) is 3.45. The van der Waals surface area contributed by atoms with Crippen LogP contribution < -0.4 is 0 Å². The Morgan fingerprint density at radius 1 is 0.886 bits per heavy atom. The lowest BCUT2D eigenvalue weighted by molar-refractivity contribution is -0.564. The fourth-order valence-corrected chi connectivity index (χ4v) is 10.4. The fourth-order valence-electron chi connectivity index (χ4n) is 9.38. The molecule has 8 atom stereocenters. The molecule has 8 unspecified atom stereocenters. The van der Waals surface area contributed by atoms with Crippen LogP contribution in [0.2, 0.25) is 0 Å². The standard InChI is InChI=1S/C32H50N2O8S2/c1-22(16-31-33(12-6-14-43(35,36)37)27-18-23-8-2-4-10-25(23)20-29(27)41-31)17-32-34(13-7-15-44(38,39)40)28-19-24-9-3-5-11-26(24)21-30(28)42-32/h16-17,23-30H,2-15,18-21H2,1H3,(H-,35,36,37,38,39,40)/p+1. The fraction of sp³-hybridized carbons (Fsp3) is 0.844. The van der Waals surface area contributed by atoms with E-state index in [4.69, 9.17) is 14.0 Å². The zero-order valence-corrected chi connectivity index (χ0v) is 27.7. The highest BCUT2D eigenvalue weighted by Crippen LogP contribution is 2.47. The van der Waals surface area contributed by atoms with Crippen molar-refractivity contribution >= 4 is 26.1 Å². The third kappa shape index (κ3) is 7.66. The van der Waals surface area contributed by atoms with Gasteiger partial charge in [0, 0.05) is 31.2 Å². The Bertz CT molecular complexity index is 1370. The molecule has 2 N–H and O–H groups in total. The largest absolute Gasteiger partial charge is 0.748 e. The van der Waals surface area contributed by atoms with E-state index in [0.717, 1.165) is 43.0 Å². The quantitative estimate of drug-likeness (QED) is 0.198. The summed E-state index contributed by atoms with van der Waals surface area (Å²) >= 11 is 0. The predicted octanol–water partition coefficient (Wildman–Crippen LogP) is 3.60. The molecule has 0 aromatic rings. The molecule has 248 valence electrons. The number of rotatable bonds is 10. The van der Waals surface area contributed by atoms with Gasteiger partial charge in [-0.15, -0.1) is 0 Å². The second-order valence-corrected chi connectivity index (χ2v) is 17.5. The molecule has 2 aliphatic heterocycles. The minimum Gasteiger partial charge on any atom is -0.748 e. The lowest BCUT2D eigenvalue weighted by Crippen LogP contribution is -2.44. The van der Waals surface area contributed by atoms with Gasteiger partial charge in [0.05, 0.1) is 22.2 Å². The lowest BCUT2D eigenvalue weighted by atomic mass is 9.68. The minimum absolute atomic E-state index is 0.0715. The molecule has 0 aromatic carbocycles. The maximum Gasteiger partial charge on any atom is 0.378 e. The van der Waals surface area contributed by atoms with Crippen LogP contribution in [0.3, 0.4) is 0 Å². The van der Waals surface area contributed by atoms with E-state index >= 15 is 0 Å². The Hall–Kier alpha value is -1.63. The van der Waals surface area contributed by atoms with Gasteiger partial charge in [0.15, 0.2) is 18.0 Å². The van der Waals surface area contributed by atoms with Gasteiger partial charge in [0.1, 0.15) is 18.4 Å². The van der Waals surface area contributed by atoms with E-state index in [1.165, 1.54) is 51.4 Å². The lowest BCUT2D eigenvalue weighted by Gasteiger charge is -2.41. The molecule has 5 fully saturated rings. The van der Waals surface area contributed by atoms with Crippen molar-refractivity contribution < 1.29 is 40.0 Å². The van der Waals surface area contributed by atoms with Gasteiger partial charge in [0.25, 0.3) is 0 Å². The highest BCUT2D eigenvalue weighted by Gasteiger charge is 2.50. The van der Waals surface area contributed by atoms with Gasteiger partial charge in [-0.3, -0.25) is 0 Å². The molecule has 0 radical (unpaired) electrons. The SMILES string of the molecule is CC(=CC1=[N+](CCCS(=O)(=O)[O-])C2CC3CCCCC3CC2O1)C=C1OC2CC3CCCCC3CC2N1CCCS(=O)(=O)[OH2+]. The van der Waals surface area contributed by atoms with Gasteiger partial charge >= 0.3 is 16.0 Å². The molecule has 1 saturated heterocycles. The zero-order valence-electron chi connectivity index (χ0n) is 26.1. The van der Waals surface area contributed by atoms with Crippen LogP contribution in [0.4, 0.5) is 0 Å². The molecule has 0 amide bonds. The van der Waals surface area contributed by atoms with Crippen molar-refractivity contribution in [2.75, 3.05) is 24.6 Å². The number of hydrogen-bond donors (Lipinski definition) is 0. The summed E-state index contributed by atoms with van der Waals surface area (Å²) in [7, 11) is -8.08. The first-order chi connectivity index (χ1) is 20.9. The van der Waals surface area contributed by atoms with Crippen molar-refractivity contribution in [3.8, 4) is 0 Å².